The summed E-state index contributed by atoms with van der Waals surface area (Å²) in [5, 5.41) is 9.29. The van der Waals surface area contributed by atoms with Crippen molar-refractivity contribution in [2.75, 3.05) is 0 Å². The number of hydrogen-bond donors (Lipinski definition) is 1. The van der Waals surface area contributed by atoms with E-state index in [-0.39, 0.29) is 5.41 Å². The predicted molar refractivity (Wildman–Crippen MR) is 69.7 cm³/mol. The number of rotatable bonds is 3. The summed E-state index contributed by atoms with van der Waals surface area (Å²) in [6.45, 7) is 8.46. The van der Waals surface area contributed by atoms with Crippen molar-refractivity contribution in [3.63, 3.8) is 0 Å². The van der Waals surface area contributed by atoms with E-state index in [0.29, 0.717) is 5.75 Å². The first-order valence-corrected chi connectivity index (χ1v) is 5.61. The number of phenolic OH excluding ortho intramolecular Hbond substituents is 1. The maximum absolute atomic E-state index is 9.29. The van der Waals surface area contributed by atoms with E-state index in [4.69, 9.17) is 0 Å². The second kappa shape index (κ2) is 5.02. The van der Waals surface area contributed by atoms with Gasteiger partial charge in [-0.15, -0.1) is 0 Å². The van der Waals surface area contributed by atoms with Gasteiger partial charge >= 0.3 is 0 Å². The van der Waals surface area contributed by atoms with E-state index in [1.165, 1.54) is 11.1 Å². The molecule has 16 heavy (non-hydrogen) atoms. The molecule has 0 bridgehead atoms. The van der Waals surface area contributed by atoms with Crippen molar-refractivity contribution in [1.82, 2.24) is 0 Å². The van der Waals surface area contributed by atoms with E-state index in [2.05, 4.69) is 39.0 Å². The predicted octanol–water partition coefficient (Wildman–Crippen LogP) is 4.19. The van der Waals surface area contributed by atoms with Crippen LogP contribution >= 0.6 is 0 Å². The lowest BCUT2D eigenvalue weighted by Crippen LogP contribution is -2.19. The number of benzene rings is 1. The normalized spacial score (nSPS) is 13.4. The van der Waals surface area contributed by atoms with Crippen molar-refractivity contribution in [2.45, 2.75) is 33.1 Å². The van der Waals surface area contributed by atoms with E-state index in [9.17, 15) is 5.11 Å². The molecule has 1 heteroatoms. The van der Waals surface area contributed by atoms with Gasteiger partial charge in [0.15, 0.2) is 0 Å². The summed E-state index contributed by atoms with van der Waals surface area (Å²) in [4.78, 5) is 0. The van der Waals surface area contributed by atoms with Crippen LogP contribution in [-0.2, 0) is 5.41 Å². The Morgan fingerprint density at radius 3 is 2.12 bits per heavy atom. The van der Waals surface area contributed by atoms with Crippen LogP contribution in [0.5, 0.6) is 5.75 Å². The molecule has 1 aromatic carbocycles. The highest BCUT2D eigenvalue weighted by Crippen LogP contribution is 2.32. The fourth-order valence-corrected chi connectivity index (χ4v) is 1.89. The average Bonchev–Trinajstić information content (AvgIpc) is 2.26. The van der Waals surface area contributed by atoms with Crippen molar-refractivity contribution in [2.24, 2.45) is 0 Å². The molecule has 86 valence electrons. The smallest absolute Gasteiger partial charge is 0.115 e. The molecule has 0 heterocycles. The largest absolute Gasteiger partial charge is 0.508 e. The third-order valence-corrected chi connectivity index (χ3v) is 2.97. The van der Waals surface area contributed by atoms with Crippen LogP contribution in [0.25, 0.3) is 0 Å². The molecule has 0 saturated carbocycles. The Hall–Kier alpha value is -1.50. The lowest BCUT2D eigenvalue weighted by Gasteiger charge is -2.27. The minimum Gasteiger partial charge on any atom is -0.508 e. The molecule has 0 aliphatic carbocycles. The summed E-state index contributed by atoms with van der Waals surface area (Å²) in [6.07, 6.45) is 6.32. The number of hydrogen-bond acceptors (Lipinski definition) is 1. The van der Waals surface area contributed by atoms with E-state index in [0.717, 1.165) is 0 Å². The second-order valence-corrected chi connectivity index (χ2v) is 4.42. The van der Waals surface area contributed by atoms with Crippen molar-refractivity contribution >= 4 is 0 Å². The van der Waals surface area contributed by atoms with Gasteiger partial charge in [-0.25, -0.2) is 0 Å². The zero-order valence-corrected chi connectivity index (χ0v) is 10.5. The Morgan fingerprint density at radius 1 is 1.12 bits per heavy atom. The van der Waals surface area contributed by atoms with Crippen LogP contribution in [0.15, 0.2) is 48.1 Å². The standard InChI is InChI=1S/C15H20O/c1-5-7-12(6-2)15(3,4)13-8-10-14(16)11-9-13/h5-11,16H,1-4H3. The lowest BCUT2D eigenvalue weighted by atomic mass is 9.77. The molecule has 0 aromatic heterocycles. The Balaban J connectivity index is 3.14. The zero-order chi connectivity index (χ0) is 12.2. The summed E-state index contributed by atoms with van der Waals surface area (Å²) in [7, 11) is 0. The van der Waals surface area contributed by atoms with Gasteiger partial charge in [-0.2, -0.15) is 0 Å². The Kier molecular flexibility index (Phi) is 3.94. The molecule has 0 aliphatic rings. The second-order valence-electron chi connectivity index (χ2n) is 4.42. The fourth-order valence-electron chi connectivity index (χ4n) is 1.89. The van der Waals surface area contributed by atoms with Gasteiger partial charge < -0.3 is 5.11 Å². The number of allylic oxidation sites excluding steroid dienone is 4. The van der Waals surface area contributed by atoms with Gasteiger partial charge in [0.05, 0.1) is 0 Å². The minimum atomic E-state index is -0.0328. The Labute approximate surface area is 98.1 Å². The molecule has 0 atom stereocenters. The van der Waals surface area contributed by atoms with Crippen LogP contribution in [0.1, 0.15) is 33.3 Å². The highest BCUT2D eigenvalue weighted by atomic mass is 16.3. The molecule has 0 saturated heterocycles. The van der Waals surface area contributed by atoms with E-state index < -0.39 is 0 Å². The third kappa shape index (κ3) is 2.54. The van der Waals surface area contributed by atoms with Crippen LogP contribution in [0.4, 0.5) is 0 Å². The molecule has 0 fully saturated rings. The Morgan fingerprint density at radius 2 is 1.69 bits per heavy atom. The first-order chi connectivity index (χ1) is 7.52. The first kappa shape index (κ1) is 12.6. The highest BCUT2D eigenvalue weighted by Gasteiger charge is 2.23. The molecule has 0 spiro atoms. The van der Waals surface area contributed by atoms with Crippen LogP contribution in [0.3, 0.4) is 0 Å². The minimum absolute atomic E-state index is 0.0328. The van der Waals surface area contributed by atoms with Crippen LogP contribution < -0.4 is 0 Å². The van der Waals surface area contributed by atoms with Crippen molar-refractivity contribution in [3.05, 3.63) is 53.6 Å². The van der Waals surface area contributed by atoms with Gasteiger partial charge in [-0.3, -0.25) is 0 Å². The molecule has 1 nitrogen and oxygen atoms in total. The number of aromatic hydroxyl groups is 1. The summed E-state index contributed by atoms with van der Waals surface area (Å²) < 4.78 is 0. The number of phenols is 1. The van der Waals surface area contributed by atoms with Gasteiger partial charge in [0.1, 0.15) is 5.75 Å². The average molecular weight is 216 g/mol. The summed E-state index contributed by atoms with van der Waals surface area (Å²) in [6, 6.07) is 7.42. The molecule has 0 radical (unpaired) electrons. The zero-order valence-electron chi connectivity index (χ0n) is 10.5. The van der Waals surface area contributed by atoms with E-state index in [1.54, 1.807) is 12.1 Å². The summed E-state index contributed by atoms with van der Waals surface area (Å²) in [5.74, 6) is 0.313. The Bertz CT molecular complexity index is 394. The van der Waals surface area contributed by atoms with Gasteiger partial charge in [0.2, 0.25) is 0 Å². The van der Waals surface area contributed by atoms with E-state index >= 15 is 0 Å². The molecular formula is C15H20O. The maximum atomic E-state index is 9.29. The quantitative estimate of drug-likeness (QED) is 0.751. The SMILES string of the molecule is CC=CC(=CC)C(C)(C)c1ccc(O)cc1. The van der Waals surface area contributed by atoms with Gasteiger partial charge in [0.25, 0.3) is 0 Å². The van der Waals surface area contributed by atoms with Crippen molar-refractivity contribution in [3.8, 4) is 5.75 Å². The third-order valence-electron chi connectivity index (χ3n) is 2.97. The molecular weight excluding hydrogens is 196 g/mol. The van der Waals surface area contributed by atoms with Gasteiger partial charge in [-0.05, 0) is 37.1 Å². The molecule has 0 amide bonds. The lowest BCUT2D eigenvalue weighted by molar-refractivity contribution is 0.474. The van der Waals surface area contributed by atoms with Crippen LogP contribution in [0, 0.1) is 0 Å². The van der Waals surface area contributed by atoms with Crippen LogP contribution in [-0.4, -0.2) is 5.11 Å². The van der Waals surface area contributed by atoms with Gasteiger partial charge in [-0.1, -0.05) is 44.2 Å². The summed E-state index contributed by atoms with van der Waals surface area (Å²) in [5.41, 5.74) is 2.45. The molecule has 1 rings (SSSR count). The van der Waals surface area contributed by atoms with Crippen LogP contribution in [0.2, 0.25) is 0 Å². The maximum Gasteiger partial charge on any atom is 0.115 e. The van der Waals surface area contributed by atoms with Crippen molar-refractivity contribution in [1.29, 1.82) is 0 Å². The highest BCUT2D eigenvalue weighted by molar-refractivity contribution is 5.41. The molecule has 1 N–H and O–H groups in total. The molecule has 0 aliphatic heterocycles. The molecule has 0 unspecified atom stereocenters. The first-order valence-electron chi connectivity index (χ1n) is 5.61. The fraction of sp³-hybridized carbons (Fsp3) is 0.333. The van der Waals surface area contributed by atoms with E-state index in [1.807, 2.05) is 19.1 Å². The topological polar surface area (TPSA) is 20.2 Å². The summed E-state index contributed by atoms with van der Waals surface area (Å²) >= 11 is 0. The van der Waals surface area contributed by atoms with Gasteiger partial charge in [0, 0.05) is 5.41 Å². The monoisotopic (exact) mass is 216 g/mol. The van der Waals surface area contributed by atoms with Crippen molar-refractivity contribution < 1.29 is 5.11 Å². The molecule has 1 aromatic rings.